The van der Waals surface area contributed by atoms with Gasteiger partial charge in [-0.3, -0.25) is 4.79 Å². The Balaban J connectivity index is 1.37. The van der Waals surface area contributed by atoms with Gasteiger partial charge in [0, 0.05) is 27.5 Å². The van der Waals surface area contributed by atoms with E-state index in [2.05, 4.69) is 20.8 Å². The molecule has 14 heteroatoms. The quantitative estimate of drug-likeness (QED) is 0.460. The minimum atomic E-state index is -4.81. The second kappa shape index (κ2) is 9.09. The number of fused-ring (bicyclic) bond motifs is 1. The monoisotopic (exact) mass is 558 g/mol. The van der Waals surface area contributed by atoms with Crippen LogP contribution in [0, 0.1) is 0 Å². The lowest BCUT2D eigenvalue weighted by Gasteiger charge is -2.29. The summed E-state index contributed by atoms with van der Waals surface area (Å²) < 4.78 is 47.9. The zero-order valence-corrected chi connectivity index (χ0v) is 20.3. The number of hydrogen-bond donors (Lipinski definition) is 2. The molecule has 0 bridgehead atoms. The fraction of sp³-hybridized carbons (Fsp3) is 0.273. The molecule has 0 spiro atoms. The van der Waals surface area contributed by atoms with Crippen molar-refractivity contribution in [1.29, 1.82) is 0 Å². The zero-order chi connectivity index (χ0) is 25.7. The molecular weight excluding hydrogens is 544 g/mol. The third-order valence-electron chi connectivity index (χ3n) is 5.70. The van der Waals surface area contributed by atoms with Crippen LogP contribution in [0.4, 0.5) is 18.0 Å². The molecule has 0 radical (unpaired) electrons. The largest absolute Gasteiger partial charge is 0.435 e. The second-order valence-electron chi connectivity index (χ2n) is 8.13. The van der Waals surface area contributed by atoms with Gasteiger partial charge in [0.15, 0.2) is 5.75 Å². The zero-order valence-electron chi connectivity index (χ0n) is 18.0. The number of aromatic nitrogens is 1. The Labute approximate surface area is 215 Å². The maximum Gasteiger partial charge on any atom is 0.435 e. The van der Waals surface area contributed by atoms with E-state index in [4.69, 9.17) is 32.8 Å². The van der Waals surface area contributed by atoms with Gasteiger partial charge in [-0.25, -0.2) is 9.78 Å². The summed E-state index contributed by atoms with van der Waals surface area (Å²) in [5.41, 5.74) is -2.94. The Morgan fingerprint density at radius 3 is 2.64 bits per heavy atom. The molecule has 1 saturated heterocycles. The summed E-state index contributed by atoms with van der Waals surface area (Å²) in [6, 6.07) is 6.05. The van der Waals surface area contributed by atoms with Crippen molar-refractivity contribution < 1.29 is 32.3 Å². The number of amides is 2. The van der Waals surface area contributed by atoms with Crippen molar-refractivity contribution >= 4 is 62.5 Å². The Kier molecular flexibility index (Phi) is 6.21. The predicted octanol–water partition coefficient (Wildman–Crippen LogP) is 5.16. The first-order valence-corrected chi connectivity index (χ1v) is 12.1. The van der Waals surface area contributed by atoms with Crippen LogP contribution in [0.5, 0.6) is 5.75 Å². The summed E-state index contributed by atoms with van der Waals surface area (Å²) in [6.07, 6.45) is -4.49. The maximum atomic E-state index is 14.2. The molecule has 2 aliphatic rings. The van der Waals surface area contributed by atoms with Crippen LogP contribution in [-0.2, 0) is 15.2 Å². The number of carbonyl (C=O) groups excluding carboxylic acids is 2. The van der Waals surface area contributed by atoms with Crippen LogP contribution in [-0.4, -0.2) is 41.5 Å². The molecule has 2 atom stereocenters. The molecule has 2 aliphatic heterocycles. The fourth-order valence-corrected chi connectivity index (χ4v) is 5.43. The first kappa shape index (κ1) is 24.6. The van der Waals surface area contributed by atoms with Crippen molar-refractivity contribution in [2.45, 2.75) is 30.7 Å². The predicted molar refractivity (Wildman–Crippen MR) is 127 cm³/mol. The maximum absolute atomic E-state index is 14.2. The summed E-state index contributed by atoms with van der Waals surface area (Å²) >= 11 is 13.0. The number of thiophene rings is 1. The van der Waals surface area contributed by atoms with Gasteiger partial charge in [-0.05, 0) is 36.8 Å². The Morgan fingerprint density at radius 1 is 1.22 bits per heavy atom. The minimum absolute atomic E-state index is 0.0364. The Hall–Kier alpha value is -3.09. The van der Waals surface area contributed by atoms with E-state index in [0.717, 1.165) is 23.5 Å². The van der Waals surface area contributed by atoms with Crippen LogP contribution in [0.1, 0.15) is 23.3 Å². The summed E-state index contributed by atoms with van der Waals surface area (Å²) in [4.78, 5) is 33.9. The van der Waals surface area contributed by atoms with E-state index in [1.165, 1.54) is 18.3 Å². The average molecular weight is 559 g/mol. The lowest BCUT2D eigenvalue weighted by molar-refractivity contribution is -0.275. The van der Waals surface area contributed by atoms with E-state index in [1.807, 2.05) is 0 Å². The third kappa shape index (κ3) is 4.56. The SMILES string of the molecule is O=C(N[C@@H]1CCNC1=O)Oc1cnc2sc(C3=NOC(c4cc(Cl)cc(Cl)c4)(C(F)(F)F)C3)cc2c1. The van der Waals surface area contributed by atoms with E-state index in [-0.39, 0.29) is 33.0 Å². The number of benzene rings is 1. The molecule has 5 rings (SSSR count). The molecular formula is C22H15Cl2F3N4O4S. The molecule has 0 saturated carbocycles. The van der Waals surface area contributed by atoms with Gasteiger partial charge in [-0.1, -0.05) is 28.4 Å². The van der Waals surface area contributed by atoms with Crippen molar-refractivity contribution in [3.05, 3.63) is 57.0 Å². The first-order valence-electron chi connectivity index (χ1n) is 10.5. The summed E-state index contributed by atoms with van der Waals surface area (Å²) in [6.45, 7) is 0.461. The molecule has 1 aromatic carbocycles. The van der Waals surface area contributed by atoms with Gasteiger partial charge >= 0.3 is 12.3 Å². The van der Waals surface area contributed by atoms with Crippen LogP contribution < -0.4 is 15.4 Å². The van der Waals surface area contributed by atoms with Crippen molar-refractivity contribution in [2.24, 2.45) is 5.16 Å². The van der Waals surface area contributed by atoms with Crippen LogP contribution in [0.25, 0.3) is 10.2 Å². The van der Waals surface area contributed by atoms with E-state index in [1.54, 1.807) is 6.07 Å². The van der Waals surface area contributed by atoms with Gasteiger partial charge < -0.3 is 20.2 Å². The van der Waals surface area contributed by atoms with E-state index in [9.17, 15) is 22.8 Å². The average Bonchev–Trinajstić information content (AvgIpc) is 3.51. The van der Waals surface area contributed by atoms with E-state index < -0.39 is 30.3 Å². The van der Waals surface area contributed by atoms with Crippen molar-refractivity contribution in [2.75, 3.05) is 6.54 Å². The smallest absolute Gasteiger partial charge is 0.409 e. The molecule has 4 heterocycles. The molecule has 3 aromatic rings. The first-order chi connectivity index (χ1) is 17.0. The molecule has 36 heavy (non-hydrogen) atoms. The summed E-state index contributed by atoms with van der Waals surface area (Å²) in [5, 5.41) is 9.41. The van der Waals surface area contributed by atoms with Crippen LogP contribution in [0.3, 0.4) is 0 Å². The van der Waals surface area contributed by atoms with Crippen molar-refractivity contribution in [1.82, 2.24) is 15.6 Å². The topological polar surface area (TPSA) is 102 Å². The highest BCUT2D eigenvalue weighted by Gasteiger charge is 2.62. The number of nitrogens with zero attached hydrogens (tertiary/aromatic N) is 2. The van der Waals surface area contributed by atoms with Gasteiger partial charge in [-0.2, -0.15) is 13.2 Å². The molecule has 1 fully saturated rings. The van der Waals surface area contributed by atoms with E-state index >= 15 is 0 Å². The molecule has 8 nitrogen and oxygen atoms in total. The highest BCUT2D eigenvalue weighted by molar-refractivity contribution is 7.20. The number of pyridine rings is 1. The standard InChI is InChI=1S/C22H15Cl2F3N4O4S/c23-12-5-11(6-13(24)7-12)21(22(25,26)27)8-16(31-35-21)17-4-10-3-14(9-29-19(10)36-17)34-20(33)30-15-1-2-28-18(15)32/h3-7,9,15H,1-2,8H2,(H,28,32)(H,30,33)/t15-,21?/m1/s1. The number of hydrogen-bond acceptors (Lipinski definition) is 7. The highest BCUT2D eigenvalue weighted by atomic mass is 35.5. The minimum Gasteiger partial charge on any atom is -0.409 e. The summed E-state index contributed by atoms with van der Waals surface area (Å²) in [5.74, 6) is -0.192. The molecule has 1 unspecified atom stereocenters. The van der Waals surface area contributed by atoms with Gasteiger partial charge in [0.05, 0.1) is 17.5 Å². The van der Waals surface area contributed by atoms with Crippen LogP contribution in [0.15, 0.2) is 41.7 Å². The Morgan fingerprint density at radius 2 is 1.97 bits per heavy atom. The lowest BCUT2D eigenvalue weighted by atomic mass is 9.88. The molecule has 188 valence electrons. The molecule has 2 N–H and O–H groups in total. The number of rotatable bonds is 4. The molecule has 2 amide bonds. The Bertz CT molecular complexity index is 1390. The normalized spacial score (nSPS) is 21.8. The van der Waals surface area contributed by atoms with Crippen molar-refractivity contribution in [3.63, 3.8) is 0 Å². The number of carbonyl (C=O) groups is 2. The number of ether oxygens (including phenoxy) is 1. The third-order valence-corrected chi connectivity index (χ3v) is 7.24. The number of nitrogens with one attached hydrogen (secondary N) is 2. The fourth-order valence-electron chi connectivity index (χ4n) is 3.94. The number of halogens is 5. The van der Waals surface area contributed by atoms with Crippen molar-refractivity contribution in [3.8, 4) is 5.75 Å². The van der Waals surface area contributed by atoms with Gasteiger partial charge in [0.2, 0.25) is 5.91 Å². The van der Waals surface area contributed by atoms with Gasteiger partial charge in [0.25, 0.3) is 5.60 Å². The lowest BCUT2D eigenvalue weighted by Crippen LogP contribution is -2.42. The molecule has 0 aliphatic carbocycles. The van der Waals surface area contributed by atoms with Crippen LogP contribution in [0.2, 0.25) is 10.0 Å². The van der Waals surface area contributed by atoms with E-state index in [0.29, 0.717) is 28.1 Å². The number of oxime groups is 1. The van der Waals surface area contributed by atoms with Gasteiger partial charge in [0.1, 0.15) is 16.6 Å². The van der Waals surface area contributed by atoms with Crippen LogP contribution >= 0.6 is 34.5 Å². The van der Waals surface area contributed by atoms with Gasteiger partial charge in [-0.15, -0.1) is 11.3 Å². The molecule has 2 aromatic heterocycles. The number of alkyl halides is 3. The summed E-state index contributed by atoms with van der Waals surface area (Å²) in [7, 11) is 0. The second-order valence-corrected chi connectivity index (χ2v) is 10.0. The highest BCUT2D eigenvalue weighted by Crippen LogP contribution is 2.50.